The second kappa shape index (κ2) is 9.16. The van der Waals surface area contributed by atoms with Crippen molar-refractivity contribution in [2.24, 2.45) is 0 Å². The van der Waals surface area contributed by atoms with Crippen LogP contribution in [0.25, 0.3) is 0 Å². The number of aliphatic hydroxyl groups is 4. The van der Waals surface area contributed by atoms with Gasteiger partial charge in [0.05, 0.1) is 19.3 Å². The Morgan fingerprint density at radius 3 is 2.27 bits per heavy atom. The van der Waals surface area contributed by atoms with Crippen molar-refractivity contribution in [3.8, 4) is 0 Å². The number of carbonyl (C=O) groups is 2. The third kappa shape index (κ3) is 5.29. The lowest BCUT2D eigenvalue weighted by Crippen LogP contribution is -2.58. The average Bonchev–Trinajstić information content (AvgIpc) is 2.48. The standard InChI is InChI=1S/C14H24O8/c1-2-21-11(17)5-3-4-8(16)6-9-12(18)14(20)13(19)10(7-15)22-9/h9-10,12-15,18-20H,2-7H2,1H3/t9-,10+,12+,13+,14+/m0/s1. The molecule has 1 fully saturated rings. The van der Waals surface area contributed by atoms with Crippen LogP contribution in [0.3, 0.4) is 0 Å². The number of rotatable bonds is 8. The summed E-state index contributed by atoms with van der Waals surface area (Å²) in [4.78, 5) is 23.0. The second-order valence-electron chi connectivity index (χ2n) is 5.27. The maximum Gasteiger partial charge on any atom is 0.305 e. The SMILES string of the molecule is CCOC(=O)CCCC(=O)C[C@@H]1O[C@H](CO)[C@@H](O)[C@H](O)[C@@H]1O. The molecule has 5 atom stereocenters. The lowest BCUT2D eigenvalue weighted by atomic mass is 9.92. The average molecular weight is 320 g/mol. The molecule has 0 bridgehead atoms. The molecule has 0 aliphatic carbocycles. The van der Waals surface area contributed by atoms with Gasteiger partial charge in [0, 0.05) is 19.3 Å². The molecule has 1 saturated heterocycles. The zero-order valence-corrected chi connectivity index (χ0v) is 12.6. The molecule has 8 heteroatoms. The molecular formula is C14H24O8. The van der Waals surface area contributed by atoms with Crippen LogP contribution in [0.4, 0.5) is 0 Å². The van der Waals surface area contributed by atoms with Crippen molar-refractivity contribution >= 4 is 11.8 Å². The lowest BCUT2D eigenvalue weighted by molar-refractivity contribution is -0.229. The number of ketones is 1. The topological polar surface area (TPSA) is 134 Å². The Labute approximate surface area is 128 Å². The van der Waals surface area contributed by atoms with Crippen LogP contribution >= 0.6 is 0 Å². The van der Waals surface area contributed by atoms with E-state index < -0.39 is 37.1 Å². The van der Waals surface area contributed by atoms with E-state index in [0.717, 1.165) is 0 Å². The van der Waals surface area contributed by atoms with E-state index >= 15 is 0 Å². The van der Waals surface area contributed by atoms with Crippen LogP contribution < -0.4 is 0 Å². The molecule has 1 aliphatic heterocycles. The summed E-state index contributed by atoms with van der Waals surface area (Å²) >= 11 is 0. The number of carbonyl (C=O) groups excluding carboxylic acids is 2. The van der Waals surface area contributed by atoms with Crippen LogP contribution in [0, 0.1) is 0 Å². The van der Waals surface area contributed by atoms with Crippen LogP contribution in [0.15, 0.2) is 0 Å². The second-order valence-corrected chi connectivity index (χ2v) is 5.27. The van der Waals surface area contributed by atoms with E-state index in [-0.39, 0.29) is 37.6 Å². The van der Waals surface area contributed by atoms with Crippen LogP contribution in [0.2, 0.25) is 0 Å². The smallest absolute Gasteiger partial charge is 0.305 e. The summed E-state index contributed by atoms with van der Waals surface area (Å²) in [6.07, 6.45) is -5.92. The lowest BCUT2D eigenvalue weighted by Gasteiger charge is -2.39. The summed E-state index contributed by atoms with van der Waals surface area (Å²) in [7, 11) is 0. The Kier molecular flexibility index (Phi) is 7.91. The van der Waals surface area contributed by atoms with Gasteiger partial charge in [-0.05, 0) is 13.3 Å². The molecule has 1 aliphatic rings. The summed E-state index contributed by atoms with van der Waals surface area (Å²) in [5.41, 5.74) is 0. The van der Waals surface area contributed by atoms with Crippen molar-refractivity contribution in [2.45, 2.75) is 63.1 Å². The van der Waals surface area contributed by atoms with Gasteiger partial charge in [-0.2, -0.15) is 0 Å². The number of aliphatic hydroxyl groups excluding tert-OH is 4. The summed E-state index contributed by atoms with van der Waals surface area (Å²) in [5.74, 6) is -0.614. The summed E-state index contributed by atoms with van der Waals surface area (Å²) < 4.78 is 9.99. The van der Waals surface area contributed by atoms with Crippen molar-refractivity contribution in [2.75, 3.05) is 13.2 Å². The predicted molar refractivity (Wildman–Crippen MR) is 73.9 cm³/mol. The Morgan fingerprint density at radius 2 is 1.68 bits per heavy atom. The number of hydrogen-bond donors (Lipinski definition) is 4. The number of esters is 1. The Hall–Kier alpha value is -1.06. The van der Waals surface area contributed by atoms with E-state index in [1.807, 2.05) is 0 Å². The van der Waals surface area contributed by atoms with Crippen LogP contribution in [0.1, 0.15) is 32.6 Å². The first-order chi connectivity index (χ1) is 10.4. The van der Waals surface area contributed by atoms with Crippen LogP contribution in [-0.4, -0.2) is 75.9 Å². The van der Waals surface area contributed by atoms with Gasteiger partial charge in [0.2, 0.25) is 0 Å². The molecule has 22 heavy (non-hydrogen) atoms. The molecule has 1 rings (SSSR count). The maximum atomic E-state index is 11.8. The van der Waals surface area contributed by atoms with E-state index in [1.165, 1.54) is 0 Å². The van der Waals surface area contributed by atoms with Gasteiger partial charge in [0.1, 0.15) is 30.2 Å². The van der Waals surface area contributed by atoms with Crippen molar-refractivity contribution in [1.82, 2.24) is 0 Å². The number of Topliss-reactive ketones (excluding diaryl/α,β-unsaturated/α-hetero) is 1. The molecule has 4 N–H and O–H groups in total. The Bertz CT molecular complexity index is 370. The van der Waals surface area contributed by atoms with Crippen LogP contribution in [-0.2, 0) is 19.1 Å². The van der Waals surface area contributed by atoms with E-state index in [0.29, 0.717) is 6.42 Å². The van der Waals surface area contributed by atoms with Crippen molar-refractivity contribution in [1.29, 1.82) is 0 Å². The first-order valence-electron chi connectivity index (χ1n) is 7.38. The van der Waals surface area contributed by atoms with Gasteiger partial charge in [0.25, 0.3) is 0 Å². The number of hydrogen-bond acceptors (Lipinski definition) is 8. The van der Waals surface area contributed by atoms with Gasteiger partial charge in [-0.15, -0.1) is 0 Å². The highest BCUT2D eigenvalue weighted by molar-refractivity contribution is 5.79. The third-order valence-corrected chi connectivity index (χ3v) is 3.56. The van der Waals surface area contributed by atoms with Crippen molar-refractivity contribution < 1.29 is 39.5 Å². The fraction of sp³-hybridized carbons (Fsp3) is 0.857. The zero-order chi connectivity index (χ0) is 16.7. The van der Waals surface area contributed by atoms with Gasteiger partial charge in [-0.3, -0.25) is 9.59 Å². The predicted octanol–water partition coefficient (Wildman–Crippen LogP) is -1.48. The number of ether oxygens (including phenoxy) is 2. The normalized spacial score (nSPS) is 31.8. The monoisotopic (exact) mass is 320 g/mol. The zero-order valence-electron chi connectivity index (χ0n) is 12.6. The van der Waals surface area contributed by atoms with E-state index in [1.54, 1.807) is 6.92 Å². The van der Waals surface area contributed by atoms with Gasteiger partial charge < -0.3 is 29.9 Å². The molecule has 128 valence electrons. The molecule has 0 radical (unpaired) electrons. The molecule has 0 saturated carbocycles. The highest BCUT2D eigenvalue weighted by Gasteiger charge is 2.43. The molecule has 1 heterocycles. The summed E-state index contributed by atoms with van der Waals surface area (Å²) in [5, 5.41) is 38.1. The first-order valence-corrected chi connectivity index (χ1v) is 7.38. The third-order valence-electron chi connectivity index (χ3n) is 3.56. The van der Waals surface area contributed by atoms with Gasteiger partial charge >= 0.3 is 5.97 Å². The van der Waals surface area contributed by atoms with E-state index in [9.17, 15) is 24.9 Å². The fourth-order valence-electron chi connectivity index (χ4n) is 2.34. The van der Waals surface area contributed by atoms with Gasteiger partial charge in [-0.1, -0.05) is 0 Å². The molecule has 0 amide bonds. The molecule has 0 spiro atoms. The Balaban J connectivity index is 2.41. The van der Waals surface area contributed by atoms with Gasteiger partial charge in [-0.25, -0.2) is 0 Å². The highest BCUT2D eigenvalue weighted by atomic mass is 16.5. The van der Waals surface area contributed by atoms with E-state index in [4.69, 9.17) is 14.6 Å². The molecule has 8 nitrogen and oxygen atoms in total. The van der Waals surface area contributed by atoms with Gasteiger partial charge in [0.15, 0.2) is 0 Å². The molecule has 0 aromatic heterocycles. The summed E-state index contributed by atoms with van der Waals surface area (Å²) in [6.45, 7) is 1.46. The minimum Gasteiger partial charge on any atom is -0.466 e. The molecule has 0 unspecified atom stereocenters. The Morgan fingerprint density at radius 1 is 1.05 bits per heavy atom. The van der Waals surface area contributed by atoms with E-state index in [2.05, 4.69) is 0 Å². The van der Waals surface area contributed by atoms with Crippen LogP contribution in [0.5, 0.6) is 0 Å². The fourth-order valence-corrected chi connectivity index (χ4v) is 2.34. The largest absolute Gasteiger partial charge is 0.466 e. The van der Waals surface area contributed by atoms with Crippen molar-refractivity contribution in [3.05, 3.63) is 0 Å². The molecule has 0 aromatic carbocycles. The minimum absolute atomic E-state index is 0.119. The minimum atomic E-state index is -1.48. The molecular weight excluding hydrogens is 296 g/mol. The first kappa shape index (κ1) is 19.0. The molecule has 0 aromatic rings. The highest BCUT2D eigenvalue weighted by Crippen LogP contribution is 2.23. The van der Waals surface area contributed by atoms with Crippen molar-refractivity contribution in [3.63, 3.8) is 0 Å². The summed E-state index contributed by atoms with van der Waals surface area (Å²) in [6, 6.07) is 0. The quantitative estimate of drug-likeness (QED) is 0.398. The maximum absolute atomic E-state index is 11.8.